The van der Waals surface area contributed by atoms with Gasteiger partial charge in [-0.3, -0.25) is 14.4 Å². The molecule has 0 aromatic carbocycles. The number of amides is 3. The summed E-state index contributed by atoms with van der Waals surface area (Å²) in [6, 6.07) is -1.05. The van der Waals surface area contributed by atoms with Gasteiger partial charge in [-0.2, -0.15) is 0 Å². The van der Waals surface area contributed by atoms with E-state index < -0.39 is 11.9 Å². The highest BCUT2D eigenvalue weighted by Gasteiger charge is 2.65. The van der Waals surface area contributed by atoms with Gasteiger partial charge in [0.25, 0.3) is 0 Å². The molecule has 2 aliphatic heterocycles. The molecule has 2 saturated heterocycles. The molecule has 0 radical (unpaired) electrons. The molecule has 5 atom stereocenters. The number of carbonyl (C=O) groups excluding carboxylic acids is 3. The molecule has 1 aliphatic carbocycles. The van der Waals surface area contributed by atoms with Crippen molar-refractivity contribution in [1.29, 1.82) is 0 Å². The average Bonchev–Trinajstić information content (AvgIpc) is 2.85. The van der Waals surface area contributed by atoms with Gasteiger partial charge in [-0.15, -0.1) is 0 Å². The van der Waals surface area contributed by atoms with Crippen molar-refractivity contribution in [2.24, 2.45) is 28.9 Å². The van der Waals surface area contributed by atoms with Crippen LogP contribution in [0.25, 0.3) is 0 Å². The zero-order valence-electron chi connectivity index (χ0n) is 13.0. The molecule has 0 spiro atoms. The number of hydrogen-bond acceptors (Lipinski definition) is 4. The fourth-order valence-electron chi connectivity index (χ4n) is 4.14. The molecule has 3 fully saturated rings. The van der Waals surface area contributed by atoms with Crippen molar-refractivity contribution < 1.29 is 14.4 Å². The quantitative estimate of drug-likeness (QED) is 0.507. The summed E-state index contributed by atoms with van der Waals surface area (Å²) in [4.78, 5) is 35.7. The first kappa shape index (κ1) is 15.3. The molecule has 3 aliphatic rings. The standard InChI is InChI=1S/C15H24N4O3/c1-15(2)8-6-18-11(10(8)15)14(22)19-9(12(16)20)5-7-3-4-17-13(7)21/h7-11,18H,3-6H2,1-2H3,(H2,16,20)(H,17,21)(H,19,22)/t7-,8+,9?,10+,11+/m1/s1. The van der Waals surface area contributed by atoms with Crippen LogP contribution in [0.4, 0.5) is 0 Å². The molecule has 1 saturated carbocycles. The third-order valence-corrected chi connectivity index (χ3v) is 5.68. The van der Waals surface area contributed by atoms with E-state index in [0.29, 0.717) is 24.8 Å². The molecule has 3 rings (SSSR count). The second kappa shape index (κ2) is 5.22. The van der Waals surface area contributed by atoms with E-state index in [0.717, 1.165) is 6.54 Å². The Morgan fingerprint density at radius 3 is 2.68 bits per heavy atom. The van der Waals surface area contributed by atoms with Gasteiger partial charge in [-0.05, 0) is 36.6 Å². The Bertz CT molecular complexity index is 519. The summed E-state index contributed by atoms with van der Waals surface area (Å²) in [6.45, 7) is 5.78. The SMILES string of the molecule is CC1(C)[C@@H]2[C@@H](C(=O)NC(C[C@H]3CCNC3=O)C(N)=O)NC[C@@H]21. The maximum atomic E-state index is 12.5. The molecule has 22 heavy (non-hydrogen) atoms. The van der Waals surface area contributed by atoms with E-state index in [1.54, 1.807) is 0 Å². The third-order valence-electron chi connectivity index (χ3n) is 5.68. The van der Waals surface area contributed by atoms with Crippen LogP contribution in [0, 0.1) is 23.2 Å². The Labute approximate surface area is 129 Å². The fourth-order valence-corrected chi connectivity index (χ4v) is 4.14. The number of carbonyl (C=O) groups is 3. The predicted molar refractivity (Wildman–Crippen MR) is 79.4 cm³/mol. The molecule has 5 N–H and O–H groups in total. The van der Waals surface area contributed by atoms with E-state index in [1.165, 1.54) is 0 Å². The van der Waals surface area contributed by atoms with Crippen molar-refractivity contribution in [2.75, 3.05) is 13.1 Å². The average molecular weight is 308 g/mol. The first-order valence-electron chi connectivity index (χ1n) is 7.93. The lowest BCUT2D eigenvalue weighted by atomic mass is 9.97. The number of nitrogens with one attached hydrogen (secondary N) is 3. The number of rotatable bonds is 5. The Morgan fingerprint density at radius 1 is 1.45 bits per heavy atom. The molecule has 7 nitrogen and oxygen atoms in total. The third kappa shape index (κ3) is 2.47. The fraction of sp³-hybridized carbons (Fsp3) is 0.800. The van der Waals surface area contributed by atoms with Crippen molar-refractivity contribution in [3.8, 4) is 0 Å². The molecule has 1 unspecified atom stereocenters. The van der Waals surface area contributed by atoms with E-state index in [4.69, 9.17) is 5.73 Å². The molecular formula is C15H24N4O3. The van der Waals surface area contributed by atoms with Gasteiger partial charge in [-0.25, -0.2) is 0 Å². The zero-order chi connectivity index (χ0) is 16.1. The van der Waals surface area contributed by atoms with Gasteiger partial charge in [-0.1, -0.05) is 13.8 Å². The number of piperidine rings is 1. The van der Waals surface area contributed by atoms with Crippen molar-refractivity contribution in [1.82, 2.24) is 16.0 Å². The summed E-state index contributed by atoms with van der Waals surface area (Å²) in [5.41, 5.74) is 5.58. The van der Waals surface area contributed by atoms with Crippen LogP contribution in [-0.4, -0.2) is 42.9 Å². The molecule has 0 aromatic heterocycles. The normalized spacial score (nSPS) is 36.4. The van der Waals surface area contributed by atoms with Gasteiger partial charge in [0.05, 0.1) is 6.04 Å². The number of nitrogens with two attached hydrogens (primary N) is 1. The molecule has 7 heteroatoms. The monoisotopic (exact) mass is 308 g/mol. The highest BCUT2D eigenvalue weighted by molar-refractivity contribution is 5.90. The smallest absolute Gasteiger partial charge is 0.240 e. The minimum Gasteiger partial charge on any atom is -0.368 e. The second-order valence-electron chi connectivity index (χ2n) is 7.32. The summed E-state index contributed by atoms with van der Waals surface area (Å²) in [7, 11) is 0. The molecule has 3 amide bonds. The van der Waals surface area contributed by atoms with Crippen LogP contribution in [0.1, 0.15) is 26.7 Å². The van der Waals surface area contributed by atoms with E-state index >= 15 is 0 Å². The molecular weight excluding hydrogens is 284 g/mol. The minimum absolute atomic E-state index is 0.0668. The highest BCUT2D eigenvalue weighted by Crippen LogP contribution is 2.62. The largest absolute Gasteiger partial charge is 0.368 e. The molecule has 0 bridgehead atoms. The summed E-state index contributed by atoms with van der Waals surface area (Å²) in [5, 5.41) is 8.69. The van der Waals surface area contributed by atoms with E-state index in [2.05, 4.69) is 29.8 Å². The van der Waals surface area contributed by atoms with Gasteiger partial charge in [0.2, 0.25) is 17.7 Å². The Morgan fingerprint density at radius 2 is 2.18 bits per heavy atom. The van der Waals surface area contributed by atoms with Gasteiger partial charge < -0.3 is 21.7 Å². The van der Waals surface area contributed by atoms with Gasteiger partial charge in [0.15, 0.2) is 0 Å². The molecule has 2 heterocycles. The van der Waals surface area contributed by atoms with Crippen LogP contribution in [-0.2, 0) is 14.4 Å². The first-order chi connectivity index (χ1) is 10.3. The zero-order valence-corrected chi connectivity index (χ0v) is 13.0. The Balaban J connectivity index is 1.60. The van der Waals surface area contributed by atoms with Gasteiger partial charge in [0.1, 0.15) is 6.04 Å². The summed E-state index contributed by atoms with van der Waals surface area (Å²) in [6.07, 6.45) is 0.953. The van der Waals surface area contributed by atoms with Crippen molar-refractivity contribution in [2.45, 2.75) is 38.8 Å². The first-order valence-corrected chi connectivity index (χ1v) is 7.93. The predicted octanol–water partition coefficient (Wildman–Crippen LogP) is -1.27. The lowest BCUT2D eigenvalue weighted by molar-refractivity contribution is -0.130. The summed E-state index contributed by atoms with van der Waals surface area (Å²) < 4.78 is 0. The van der Waals surface area contributed by atoms with Crippen LogP contribution in [0.15, 0.2) is 0 Å². The second-order valence-corrected chi connectivity index (χ2v) is 7.32. The van der Waals surface area contributed by atoms with Crippen LogP contribution in [0.3, 0.4) is 0 Å². The minimum atomic E-state index is -0.788. The van der Waals surface area contributed by atoms with Crippen LogP contribution in [0.2, 0.25) is 0 Å². The van der Waals surface area contributed by atoms with Gasteiger partial charge >= 0.3 is 0 Å². The Kier molecular flexibility index (Phi) is 3.63. The molecule has 122 valence electrons. The van der Waals surface area contributed by atoms with Crippen LogP contribution in [0.5, 0.6) is 0 Å². The van der Waals surface area contributed by atoms with E-state index in [9.17, 15) is 14.4 Å². The van der Waals surface area contributed by atoms with Crippen molar-refractivity contribution >= 4 is 17.7 Å². The van der Waals surface area contributed by atoms with Crippen molar-refractivity contribution in [3.05, 3.63) is 0 Å². The van der Waals surface area contributed by atoms with E-state index in [1.807, 2.05) is 0 Å². The maximum absolute atomic E-state index is 12.5. The van der Waals surface area contributed by atoms with Gasteiger partial charge in [0, 0.05) is 12.5 Å². The lowest BCUT2D eigenvalue weighted by Gasteiger charge is -2.23. The summed E-state index contributed by atoms with van der Waals surface area (Å²) in [5.74, 6) is -0.244. The number of fused-ring (bicyclic) bond motifs is 1. The van der Waals surface area contributed by atoms with E-state index in [-0.39, 0.29) is 35.6 Å². The lowest BCUT2D eigenvalue weighted by Crippen LogP contribution is -2.52. The maximum Gasteiger partial charge on any atom is 0.240 e. The number of hydrogen-bond donors (Lipinski definition) is 4. The van der Waals surface area contributed by atoms with Crippen LogP contribution < -0.4 is 21.7 Å². The topological polar surface area (TPSA) is 113 Å². The summed E-state index contributed by atoms with van der Waals surface area (Å²) >= 11 is 0. The number of primary amides is 1. The highest BCUT2D eigenvalue weighted by atomic mass is 16.2. The van der Waals surface area contributed by atoms with Crippen LogP contribution >= 0.6 is 0 Å². The Hall–Kier alpha value is -1.63. The van der Waals surface area contributed by atoms with Crippen molar-refractivity contribution in [3.63, 3.8) is 0 Å². The molecule has 0 aromatic rings.